The number of nitrogens with one attached hydrogen (secondary N) is 1. The molecule has 1 aromatic heterocycles. The summed E-state index contributed by atoms with van der Waals surface area (Å²) in [5.74, 6) is 0.368. The number of carbonyl (C=O) groups excluding carboxylic acids is 1. The van der Waals surface area contributed by atoms with Crippen molar-refractivity contribution >= 4 is 38.3 Å². The third-order valence-electron chi connectivity index (χ3n) is 4.81. The molecule has 0 aliphatic heterocycles. The first-order chi connectivity index (χ1) is 15.1. The van der Waals surface area contributed by atoms with E-state index in [9.17, 15) is 4.79 Å². The van der Waals surface area contributed by atoms with E-state index in [0.29, 0.717) is 10.9 Å². The average Bonchev–Trinajstić information content (AvgIpc) is 3.27. The van der Waals surface area contributed by atoms with Gasteiger partial charge in [0.15, 0.2) is 11.7 Å². The van der Waals surface area contributed by atoms with Gasteiger partial charge in [-0.25, -0.2) is 4.98 Å². The van der Waals surface area contributed by atoms with Gasteiger partial charge in [-0.15, -0.1) is 11.3 Å². The molecule has 0 bridgehead atoms. The fourth-order valence-electron chi connectivity index (χ4n) is 3.10. The molecule has 0 aliphatic carbocycles. The molecule has 0 saturated carbocycles. The molecule has 0 saturated heterocycles. The number of rotatable bonds is 7. The lowest BCUT2D eigenvalue weighted by Crippen LogP contribution is -2.20. The Hall–Kier alpha value is -2.96. The lowest BCUT2D eigenvalue weighted by Gasteiger charge is -2.10. The molecule has 156 valence electrons. The van der Waals surface area contributed by atoms with E-state index in [2.05, 4.69) is 69.6 Å². The van der Waals surface area contributed by atoms with Crippen molar-refractivity contribution in [3.63, 3.8) is 0 Å². The Kier molecular flexibility index (Phi) is 6.79. The Balaban J connectivity index is 1.35. The molecule has 4 rings (SSSR count). The van der Waals surface area contributed by atoms with Crippen LogP contribution in [0.15, 0.2) is 82.6 Å². The van der Waals surface area contributed by atoms with E-state index < -0.39 is 0 Å². The largest absolute Gasteiger partial charge is 0.483 e. The van der Waals surface area contributed by atoms with Crippen LogP contribution in [0.4, 0.5) is 5.13 Å². The normalized spacial score (nSPS) is 10.6. The minimum atomic E-state index is -0.249. The van der Waals surface area contributed by atoms with Crippen LogP contribution in [0, 0.1) is 0 Å². The number of ether oxygens (including phenoxy) is 1. The second-order valence-electron chi connectivity index (χ2n) is 6.94. The summed E-state index contributed by atoms with van der Waals surface area (Å²) in [7, 11) is 0. The van der Waals surface area contributed by atoms with Gasteiger partial charge in [0.1, 0.15) is 5.75 Å². The number of aryl methyl sites for hydroxylation is 1. The van der Waals surface area contributed by atoms with Crippen molar-refractivity contribution in [2.45, 2.75) is 13.3 Å². The van der Waals surface area contributed by atoms with E-state index in [0.717, 1.165) is 33.3 Å². The average molecular weight is 493 g/mol. The molecular weight excluding hydrogens is 472 g/mol. The van der Waals surface area contributed by atoms with Gasteiger partial charge in [-0.2, -0.15) is 0 Å². The van der Waals surface area contributed by atoms with Crippen molar-refractivity contribution < 1.29 is 9.53 Å². The zero-order valence-electron chi connectivity index (χ0n) is 17.0. The first-order valence-electron chi connectivity index (χ1n) is 9.95. The summed E-state index contributed by atoms with van der Waals surface area (Å²) in [4.78, 5) is 16.8. The molecule has 0 fully saturated rings. The molecule has 1 N–H and O–H groups in total. The van der Waals surface area contributed by atoms with Crippen LogP contribution in [-0.4, -0.2) is 17.5 Å². The maximum absolute atomic E-state index is 12.3. The number of anilines is 1. The number of hydrogen-bond acceptors (Lipinski definition) is 4. The number of amides is 1. The van der Waals surface area contributed by atoms with Crippen LogP contribution in [0.1, 0.15) is 12.5 Å². The molecular formula is C25H21BrN2O2S. The van der Waals surface area contributed by atoms with Crippen LogP contribution < -0.4 is 10.1 Å². The molecule has 4 nitrogen and oxygen atoms in total. The van der Waals surface area contributed by atoms with Gasteiger partial charge in [0.25, 0.3) is 5.91 Å². The van der Waals surface area contributed by atoms with Crippen LogP contribution in [0.3, 0.4) is 0 Å². The number of nitrogens with zero attached hydrogens (tertiary/aromatic N) is 1. The topological polar surface area (TPSA) is 51.2 Å². The van der Waals surface area contributed by atoms with E-state index in [1.54, 1.807) is 0 Å². The first kappa shape index (κ1) is 21.3. The monoisotopic (exact) mass is 492 g/mol. The van der Waals surface area contributed by atoms with Gasteiger partial charge in [0, 0.05) is 10.9 Å². The van der Waals surface area contributed by atoms with Crippen LogP contribution in [0.25, 0.3) is 22.4 Å². The Labute approximate surface area is 194 Å². The summed E-state index contributed by atoms with van der Waals surface area (Å²) in [5.41, 5.74) is 5.37. The molecule has 0 atom stereocenters. The highest BCUT2D eigenvalue weighted by Gasteiger charge is 2.11. The molecule has 1 heterocycles. The summed E-state index contributed by atoms with van der Waals surface area (Å²) >= 11 is 4.93. The van der Waals surface area contributed by atoms with Gasteiger partial charge in [-0.05, 0) is 51.2 Å². The van der Waals surface area contributed by atoms with E-state index >= 15 is 0 Å². The van der Waals surface area contributed by atoms with Crippen LogP contribution in [0.2, 0.25) is 0 Å². The summed E-state index contributed by atoms with van der Waals surface area (Å²) in [6.45, 7) is 2.03. The maximum Gasteiger partial charge on any atom is 0.264 e. The van der Waals surface area contributed by atoms with Gasteiger partial charge >= 0.3 is 0 Å². The summed E-state index contributed by atoms with van der Waals surface area (Å²) in [5, 5.41) is 5.31. The third-order valence-corrected chi connectivity index (χ3v) is 6.18. The Morgan fingerprint density at radius 1 is 1.00 bits per heavy atom. The van der Waals surface area contributed by atoms with Crippen molar-refractivity contribution in [1.82, 2.24) is 4.98 Å². The minimum absolute atomic E-state index is 0.0939. The number of hydrogen-bond donors (Lipinski definition) is 1. The molecule has 4 aromatic rings. The van der Waals surface area contributed by atoms with Crippen molar-refractivity contribution in [2.75, 3.05) is 11.9 Å². The number of thiazole rings is 1. The van der Waals surface area contributed by atoms with Gasteiger partial charge in [0.05, 0.1) is 10.2 Å². The maximum atomic E-state index is 12.3. The Bertz CT molecular complexity index is 1170. The van der Waals surface area contributed by atoms with Crippen molar-refractivity contribution in [3.8, 4) is 28.1 Å². The van der Waals surface area contributed by atoms with Crippen molar-refractivity contribution in [3.05, 3.63) is 88.2 Å². The standard InChI is InChI=1S/C25H21BrN2O2S/c1-2-17-8-10-19(11-9-17)22-16-31-25(27-22)28-24(29)15-30-23-13-12-20(14-21(23)26)18-6-4-3-5-7-18/h3-14,16H,2,15H2,1H3,(H,27,28,29). The molecule has 31 heavy (non-hydrogen) atoms. The molecule has 0 radical (unpaired) electrons. The van der Waals surface area contributed by atoms with E-state index in [-0.39, 0.29) is 12.5 Å². The Morgan fingerprint density at radius 2 is 1.74 bits per heavy atom. The zero-order chi connectivity index (χ0) is 21.6. The SMILES string of the molecule is CCc1ccc(-c2csc(NC(=O)COc3ccc(-c4ccccc4)cc3Br)n2)cc1. The van der Waals surface area contributed by atoms with Crippen LogP contribution in [-0.2, 0) is 11.2 Å². The third kappa shape index (κ3) is 5.40. The molecule has 3 aromatic carbocycles. The first-order valence-corrected chi connectivity index (χ1v) is 11.6. The number of carbonyl (C=O) groups is 1. The quantitative estimate of drug-likeness (QED) is 0.307. The van der Waals surface area contributed by atoms with Crippen molar-refractivity contribution in [1.29, 1.82) is 0 Å². The highest BCUT2D eigenvalue weighted by atomic mass is 79.9. The molecule has 6 heteroatoms. The van der Waals surface area contributed by atoms with Crippen LogP contribution >= 0.6 is 27.3 Å². The highest BCUT2D eigenvalue weighted by Crippen LogP contribution is 2.31. The molecule has 0 aliphatic rings. The molecule has 0 spiro atoms. The van der Waals surface area contributed by atoms with Crippen LogP contribution in [0.5, 0.6) is 5.75 Å². The second kappa shape index (κ2) is 9.90. The summed E-state index contributed by atoms with van der Waals surface area (Å²) < 4.78 is 6.50. The fraction of sp³-hybridized carbons (Fsp3) is 0.120. The highest BCUT2D eigenvalue weighted by molar-refractivity contribution is 9.10. The van der Waals surface area contributed by atoms with Gasteiger partial charge in [-0.3, -0.25) is 10.1 Å². The number of halogens is 1. The van der Waals surface area contributed by atoms with Crippen molar-refractivity contribution in [2.24, 2.45) is 0 Å². The van der Waals surface area contributed by atoms with Gasteiger partial charge in [0.2, 0.25) is 0 Å². The fourth-order valence-corrected chi connectivity index (χ4v) is 4.33. The summed E-state index contributed by atoms with van der Waals surface area (Å²) in [6.07, 6.45) is 1.00. The predicted molar refractivity (Wildman–Crippen MR) is 131 cm³/mol. The van der Waals surface area contributed by atoms with Gasteiger partial charge < -0.3 is 4.74 Å². The van der Waals surface area contributed by atoms with E-state index in [4.69, 9.17) is 4.74 Å². The number of benzene rings is 3. The molecule has 1 amide bonds. The summed E-state index contributed by atoms with van der Waals surface area (Å²) in [6, 6.07) is 24.2. The van der Waals surface area contributed by atoms with E-state index in [1.165, 1.54) is 16.9 Å². The van der Waals surface area contributed by atoms with Gasteiger partial charge in [-0.1, -0.05) is 67.6 Å². The predicted octanol–water partition coefficient (Wildman–Crippen LogP) is 6.82. The molecule has 0 unspecified atom stereocenters. The lowest BCUT2D eigenvalue weighted by molar-refractivity contribution is -0.118. The van der Waals surface area contributed by atoms with E-state index in [1.807, 2.05) is 41.8 Å². The zero-order valence-corrected chi connectivity index (χ0v) is 19.4. The minimum Gasteiger partial charge on any atom is -0.483 e. The second-order valence-corrected chi connectivity index (χ2v) is 8.65. The number of aromatic nitrogens is 1. The lowest BCUT2D eigenvalue weighted by atomic mass is 10.1. The Morgan fingerprint density at radius 3 is 2.45 bits per heavy atom. The smallest absolute Gasteiger partial charge is 0.264 e.